The molecule has 2 heteroatoms. The highest BCUT2D eigenvalue weighted by Crippen LogP contribution is 2.14. The molecule has 0 aromatic heterocycles. The number of hydrogen-bond acceptors (Lipinski definition) is 0. The molecule has 0 bridgehead atoms. The summed E-state index contributed by atoms with van der Waals surface area (Å²) in [4.78, 5) is 0. The van der Waals surface area contributed by atoms with Gasteiger partial charge in [0.2, 0.25) is 6.71 Å². The SMILES string of the molecule is Cc1cc(C)c(B(c2ccc(C)c(C#C[Si](C)(C)C)c2)c2c(C)cc(C)cc2C)c(C)c1. The molecule has 164 valence electrons. The molecule has 3 aromatic carbocycles. The molecule has 0 aliphatic heterocycles. The van der Waals surface area contributed by atoms with Gasteiger partial charge in [-0.2, -0.15) is 0 Å². The molecule has 0 N–H and O–H groups in total. The highest BCUT2D eigenvalue weighted by molar-refractivity contribution is 6.96. The molecule has 0 unspecified atom stereocenters. The Kier molecular flexibility index (Phi) is 6.92. The fourth-order valence-electron chi connectivity index (χ4n) is 4.98. The third-order valence-electron chi connectivity index (χ3n) is 6.22. The average Bonchev–Trinajstić information content (AvgIpc) is 2.64. The van der Waals surface area contributed by atoms with Crippen molar-refractivity contribution < 1.29 is 0 Å². The third kappa shape index (κ3) is 5.28. The average molecular weight is 437 g/mol. The summed E-state index contributed by atoms with van der Waals surface area (Å²) in [6.45, 7) is 22.7. The molecule has 0 fully saturated rings. The van der Waals surface area contributed by atoms with Crippen molar-refractivity contribution in [3.05, 3.63) is 87.0 Å². The van der Waals surface area contributed by atoms with Crippen LogP contribution in [0.2, 0.25) is 19.6 Å². The Labute approximate surface area is 197 Å². The van der Waals surface area contributed by atoms with Crippen molar-refractivity contribution in [3.8, 4) is 11.5 Å². The normalized spacial score (nSPS) is 11.2. The summed E-state index contributed by atoms with van der Waals surface area (Å²) in [6.07, 6.45) is 0. The van der Waals surface area contributed by atoms with Crippen molar-refractivity contribution in [1.29, 1.82) is 0 Å². The van der Waals surface area contributed by atoms with Gasteiger partial charge < -0.3 is 0 Å². The largest absolute Gasteiger partial charge is 0.242 e. The van der Waals surface area contributed by atoms with E-state index >= 15 is 0 Å². The van der Waals surface area contributed by atoms with E-state index in [0.717, 1.165) is 0 Å². The maximum atomic E-state index is 3.57. The van der Waals surface area contributed by atoms with Gasteiger partial charge in [0.1, 0.15) is 8.07 Å². The van der Waals surface area contributed by atoms with Crippen LogP contribution in [0.1, 0.15) is 44.5 Å². The lowest BCUT2D eigenvalue weighted by atomic mass is 9.34. The van der Waals surface area contributed by atoms with Crippen LogP contribution in [0, 0.1) is 59.9 Å². The summed E-state index contributed by atoms with van der Waals surface area (Å²) in [7, 11) is -1.44. The predicted molar refractivity (Wildman–Crippen MR) is 147 cm³/mol. The Morgan fingerprint density at radius 3 is 1.44 bits per heavy atom. The minimum Gasteiger partial charge on any atom is -0.127 e. The van der Waals surface area contributed by atoms with Crippen molar-refractivity contribution >= 4 is 31.2 Å². The molecule has 0 spiro atoms. The second kappa shape index (κ2) is 9.16. The first-order chi connectivity index (χ1) is 14.9. The van der Waals surface area contributed by atoms with Gasteiger partial charge in [0.05, 0.1) is 0 Å². The zero-order valence-electron chi connectivity index (χ0n) is 21.6. The summed E-state index contributed by atoms with van der Waals surface area (Å²) >= 11 is 0. The maximum absolute atomic E-state index is 3.57. The van der Waals surface area contributed by atoms with E-state index in [0.29, 0.717) is 0 Å². The first-order valence-corrected chi connectivity index (χ1v) is 15.2. The Hall–Kier alpha value is -2.50. The van der Waals surface area contributed by atoms with Gasteiger partial charge in [-0.3, -0.25) is 0 Å². The zero-order valence-corrected chi connectivity index (χ0v) is 22.6. The highest BCUT2D eigenvalue weighted by atomic mass is 28.3. The fourth-order valence-corrected chi connectivity index (χ4v) is 5.49. The van der Waals surface area contributed by atoms with Crippen LogP contribution >= 0.6 is 0 Å². The maximum Gasteiger partial charge on any atom is 0.242 e. The molecule has 0 aliphatic rings. The lowest BCUT2D eigenvalue weighted by Gasteiger charge is -2.25. The van der Waals surface area contributed by atoms with E-state index in [9.17, 15) is 0 Å². The van der Waals surface area contributed by atoms with Crippen molar-refractivity contribution in [2.24, 2.45) is 0 Å². The molecule has 32 heavy (non-hydrogen) atoms. The van der Waals surface area contributed by atoms with Crippen LogP contribution in [0.3, 0.4) is 0 Å². The van der Waals surface area contributed by atoms with Gasteiger partial charge in [-0.1, -0.05) is 118 Å². The van der Waals surface area contributed by atoms with Gasteiger partial charge >= 0.3 is 0 Å². The van der Waals surface area contributed by atoms with E-state index in [1.165, 1.54) is 60.9 Å². The highest BCUT2D eigenvalue weighted by Gasteiger charge is 2.28. The van der Waals surface area contributed by atoms with Gasteiger partial charge in [0.15, 0.2) is 0 Å². The van der Waals surface area contributed by atoms with E-state index in [-0.39, 0.29) is 6.71 Å². The molecule has 0 saturated carbocycles. The molecule has 3 rings (SSSR count). The molecular weight excluding hydrogens is 399 g/mol. The number of aryl methyl sites for hydroxylation is 7. The Balaban J connectivity index is 2.34. The molecule has 0 saturated heterocycles. The molecule has 3 aromatic rings. The van der Waals surface area contributed by atoms with Gasteiger partial charge in [-0.05, 0) is 54.0 Å². The van der Waals surface area contributed by atoms with Gasteiger partial charge in [0, 0.05) is 5.56 Å². The van der Waals surface area contributed by atoms with Crippen LogP contribution in [-0.2, 0) is 0 Å². The first kappa shape index (κ1) is 24.2. The number of hydrogen-bond donors (Lipinski definition) is 0. The summed E-state index contributed by atoms with van der Waals surface area (Å²) in [5.74, 6) is 3.54. The second-order valence-corrected chi connectivity index (χ2v) is 15.4. The Morgan fingerprint density at radius 2 is 1.03 bits per heavy atom. The van der Waals surface area contributed by atoms with Crippen molar-refractivity contribution in [1.82, 2.24) is 0 Å². The van der Waals surface area contributed by atoms with Crippen LogP contribution in [0.15, 0.2) is 42.5 Å². The number of rotatable bonds is 3. The Bertz CT molecular complexity index is 1130. The molecule has 0 aliphatic carbocycles. The van der Waals surface area contributed by atoms with E-state index in [2.05, 4.69) is 122 Å². The Morgan fingerprint density at radius 1 is 0.594 bits per heavy atom. The molecule has 0 heterocycles. The molecule has 0 atom stereocenters. The molecular formula is C30H37BSi. The van der Waals surface area contributed by atoms with Crippen LogP contribution in [0.25, 0.3) is 0 Å². The van der Waals surface area contributed by atoms with Crippen LogP contribution in [0.4, 0.5) is 0 Å². The van der Waals surface area contributed by atoms with E-state index in [4.69, 9.17) is 0 Å². The monoisotopic (exact) mass is 436 g/mol. The first-order valence-electron chi connectivity index (χ1n) is 11.7. The second-order valence-electron chi connectivity index (χ2n) is 10.6. The summed E-state index contributed by atoms with van der Waals surface area (Å²) in [5.41, 5.74) is 18.3. The lowest BCUT2D eigenvalue weighted by molar-refractivity contribution is 1.34. The molecule has 0 amide bonds. The smallest absolute Gasteiger partial charge is 0.127 e. The van der Waals surface area contributed by atoms with Gasteiger partial charge in [-0.15, -0.1) is 5.54 Å². The van der Waals surface area contributed by atoms with E-state index < -0.39 is 8.07 Å². The fraction of sp³-hybridized carbons (Fsp3) is 0.333. The topological polar surface area (TPSA) is 0 Å². The van der Waals surface area contributed by atoms with Gasteiger partial charge in [0.25, 0.3) is 0 Å². The van der Waals surface area contributed by atoms with E-state index in [1.54, 1.807) is 0 Å². The lowest BCUT2D eigenvalue weighted by Crippen LogP contribution is -2.56. The summed E-state index contributed by atoms with van der Waals surface area (Å²) in [5, 5.41) is 0. The van der Waals surface area contributed by atoms with Crippen LogP contribution in [0.5, 0.6) is 0 Å². The summed E-state index contributed by atoms with van der Waals surface area (Å²) < 4.78 is 0. The predicted octanol–water partition coefficient (Wildman–Crippen LogP) is 5.59. The molecule has 0 radical (unpaired) electrons. The van der Waals surface area contributed by atoms with Crippen LogP contribution in [-0.4, -0.2) is 14.8 Å². The standard InChI is InChI=1S/C30H37BSi/c1-20-15-23(4)29(24(5)16-20)31(30-25(6)17-21(2)18-26(30)7)28-12-11-22(3)27(19-28)13-14-32(8,9)10/h11-12,15-19H,1-10H3. The summed E-state index contributed by atoms with van der Waals surface area (Å²) in [6, 6.07) is 16.2. The minimum atomic E-state index is -1.44. The van der Waals surface area contributed by atoms with Crippen molar-refractivity contribution in [2.45, 2.75) is 68.1 Å². The zero-order chi connectivity index (χ0) is 23.8. The van der Waals surface area contributed by atoms with Gasteiger partial charge in [-0.25, -0.2) is 0 Å². The van der Waals surface area contributed by atoms with Crippen molar-refractivity contribution in [2.75, 3.05) is 0 Å². The quantitative estimate of drug-likeness (QED) is 0.371. The molecule has 0 nitrogen and oxygen atoms in total. The number of benzene rings is 3. The minimum absolute atomic E-state index is 0.198. The van der Waals surface area contributed by atoms with Crippen molar-refractivity contribution in [3.63, 3.8) is 0 Å². The third-order valence-corrected chi connectivity index (χ3v) is 7.10. The van der Waals surface area contributed by atoms with Crippen LogP contribution < -0.4 is 16.4 Å². The van der Waals surface area contributed by atoms with E-state index in [1.807, 2.05) is 0 Å².